The molecule has 16 heavy (non-hydrogen) atoms. The minimum absolute atomic E-state index is 0.126. The summed E-state index contributed by atoms with van der Waals surface area (Å²) in [4.78, 5) is 0.145. The Morgan fingerprint density at radius 1 is 1.50 bits per heavy atom. The Morgan fingerprint density at radius 2 is 2.12 bits per heavy atom. The van der Waals surface area contributed by atoms with Crippen LogP contribution < -0.4 is 4.72 Å². The van der Waals surface area contributed by atoms with Crippen molar-refractivity contribution in [3.63, 3.8) is 0 Å². The highest BCUT2D eigenvalue weighted by molar-refractivity contribution is 9.09. The van der Waals surface area contributed by atoms with E-state index in [4.69, 9.17) is 4.52 Å². The van der Waals surface area contributed by atoms with Crippen molar-refractivity contribution in [3.05, 3.63) is 11.5 Å². The van der Waals surface area contributed by atoms with Gasteiger partial charge in [-0.3, -0.25) is 0 Å². The van der Waals surface area contributed by atoms with Gasteiger partial charge in [-0.2, -0.15) is 0 Å². The fraction of sp³-hybridized carbons (Fsp3) is 0.667. The summed E-state index contributed by atoms with van der Waals surface area (Å²) in [6.07, 6.45) is 0.716. The molecule has 92 valence electrons. The third-order valence-corrected chi connectivity index (χ3v) is 4.78. The van der Waals surface area contributed by atoms with Crippen LogP contribution in [0.3, 0.4) is 0 Å². The molecule has 0 bridgehead atoms. The first-order chi connectivity index (χ1) is 7.42. The number of nitrogens with zero attached hydrogens (tertiary/aromatic N) is 1. The van der Waals surface area contributed by atoms with E-state index in [2.05, 4.69) is 25.8 Å². The first kappa shape index (κ1) is 13.7. The Labute approximate surface area is 104 Å². The molecule has 0 amide bonds. The van der Waals surface area contributed by atoms with Gasteiger partial charge in [0.25, 0.3) is 0 Å². The molecule has 5 nitrogen and oxygen atoms in total. The molecule has 0 saturated carbocycles. The lowest BCUT2D eigenvalue weighted by atomic mass is 10.3. The number of hydrogen-bond donors (Lipinski definition) is 1. The largest absolute Gasteiger partial charge is 0.360 e. The predicted molar refractivity (Wildman–Crippen MR) is 64.2 cm³/mol. The average molecular weight is 311 g/mol. The summed E-state index contributed by atoms with van der Waals surface area (Å²) in [5, 5.41) is 4.21. The monoisotopic (exact) mass is 310 g/mol. The number of hydrogen-bond acceptors (Lipinski definition) is 4. The number of sulfonamides is 1. The summed E-state index contributed by atoms with van der Waals surface area (Å²) in [6, 6.07) is -0.126. The molecule has 0 radical (unpaired) electrons. The maximum Gasteiger partial charge on any atom is 0.246 e. The van der Waals surface area contributed by atoms with Crippen molar-refractivity contribution in [2.75, 3.05) is 5.33 Å². The number of alkyl halides is 1. The minimum Gasteiger partial charge on any atom is -0.360 e. The molecule has 1 aromatic rings. The van der Waals surface area contributed by atoms with Crippen molar-refractivity contribution < 1.29 is 12.9 Å². The summed E-state index contributed by atoms with van der Waals surface area (Å²) in [7, 11) is -3.54. The molecular weight excluding hydrogens is 296 g/mol. The molecule has 0 aromatic carbocycles. The number of nitrogens with one attached hydrogen (secondary N) is 1. The highest BCUT2D eigenvalue weighted by Crippen LogP contribution is 2.19. The normalized spacial score (nSPS) is 14.0. The zero-order chi connectivity index (χ0) is 12.3. The van der Waals surface area contributed by atoms with Crippen molar-refractivity contribution >= 4 is 26.0 Å². The predicted octanol–water partition coefficient (Wildman–Crippen LogP) is 1.74. The van der Waals surface area contributed by atoms with Crippen LogP contribution in [0.25, 0.3) is 0 Å². The van der Waals surface area contributed by atoms with Crippen LogP contribution in [0.15, 0.2) is 9.42 Å². The van der Waals surface area contributed by atoms with Gasteiger partial charge in [-0.05, 0) is 20.3 Å². The van der Waals surface area contributed by atoms with Gasteiger partial charge >= 0.3 is 0 Å². The first-order valence-electron chi connectivity index (χ1n) is 4.93. The van der Waals surface area contributed by atoms with E-state index in [0.717, 1.165) is 0 Å². The van der Waals surface area contributed by atoms with Crippen LogP contribution >= 0.6 is 15.9 Å². The van der Waals surface area contributed by atoms with Gasteiger partial charge in [-0.15, -0.1) is 0 Å². The van der Waals surface area contributed by atoms with E-state index in [1.165, 1.54) is 0 Å². The molecule has 1 N–H and O–H groups in total. The zero-order valence-corrected chi connectivity index (χ0v) is 11.9. The number of aromatic nitrogens is 1. The van der Waals surface area contributed by atoms with Crippen LogP contribution in [-0.4, -0.2) is 24.9 Å². The van der Waals surface area contributed by atoms with E-state index in [9.17, 15) is 8.42 Å². The van der Waals surface area contributed by atoms with Gasteiger partial charge in [-0.25, -0.2) is 13.1 Å². The molecular formula is C9H15BrN2O3S. The molecule has 1 atom stereocenters. The van der Waals surface area contributed by atoms with Gasteiger partial charge in [0.05, 0.1) is 0 Å². The topological polar surface area (TPSA) is 72.2 Å². The molecule has 7 heteroatoms. The third kappa shape index (κ3) is 2.83. The highest BCUT2D eigenvalue weighted by atomic mass is 79.9. The molecule has 0 spiro atoms. The van der Waals surface area contributed by atoms with Crippen molar-refractivity contribution in [2.24, 2.45) is 0 Å². The standard InChI is InChI=1S/C9H15BrN2O3S/c1-4-8(5-10)12-16(13,14)9-6(2)11-15-7(9)3/h8,12H,4-5H2,1-3H3. The molecule has 0 fully saturated rings. The molecule has 0 aliphatic heterocycles. The van der Waals surface area contributed by atoms with Crippen LogP contribution in [0.4, 0.5) is 0 Å². The number of rotatable bonds is 5. The van der Waals surface area contributed by atoms with E-state index >= 15 is 0 Å². The number of aryl methyl sites for hydroxylation is 2. The number of halogens is 1. The van der Waals surface area contributed by atoms with Crippen molar-refractivity contribution in [1.82, 2.24) is 9.88 Å². The van der Waals surface area contributed by atoms with Crippen LogP contribution in [0.1, 0.15) is 24.8 Å². The highest BCUT2D eigenvalue weighted by Gasteiger charge is 2.26. The van der Waals surface area contributed by atoms with Gasteiger partial charge in [0.15, 0.2) is 5.76 Å². The van der Waals surface area contributed by atoms with Crippen LogP contribution in [-0.2, 0) is 10.0 Å². The second-order valence-corrected chi connectivity index (χ2v) is 5.83. The van der Waals surface area contributed by atoms with Crippen LogP contribution in [0, 0.1) is 13.8 Å². The Hall–Kier alpha value is -0.400. The Kier molecular flexibility index (Phi) is 4.52. The minimum atomic E-state index is -3.54. The van der Waals surface area contributed by atoms with Crippen LogP contribution in [0.5, 0.6) is 0 Å². The van der Waals surface area contributed by atoms with Crippen molar-refractivity contribution in [1.29, 1.82) is 0 Å². The summed E-state index contributed by atoms with van der Waals surface area (Å²) < 4.78 is 31.5. The maximum absolute atomic E-state index is 12.0. The third-order valence-electron chi connectivity index (χ3n) is 2.24. The lowest BCUT2D eigenvalue weighted by Gasteiger charge is -2.13. The Morgan fingerprint density at radius 3 is 2.50 bits per heavy atom. The fourth-order valence-electron chi connectivity index (χ4n) is 1.36. The van der Waals surface area contributed by atoms with Gasteiger partial charge in [-0.1, -0.05) is 28.0 Å². The molecule has 1 rings (SSSR count). The average Bonchev–Trinajstić information content (AvgIpc) is 2.55. The quantitative estimate of drug-likeness (QED) is 0.841. The Bertz CT molecular complexity index is 432. The maximum atomic E-state index is 12.0. The second-order valence-electron chi connectivity index (χ2n) is 3.53. The van der Waals surface area contributed by atoms with Gasteiger partial charge in [0, 0.05) is 11.4 Å². The molecule has 1 heterocycles. The summed E-state index contributed by atoms with van der Waals surface area (Å²) in [5.41, 5.74) is 0.384. The van der Waals surface area contributed by atoms with E-state index in [0.29, 0.717) is 23.2 Å². The van der Waals surface area contributed by atoms with E-state index < -0.39 is 10.0 Å². The first-order valence-corrected chi connectivity index (χ1v) is 7.54. The molecule has 0 aliphatic rings. The van der Waals surface area contributed by atoms with Crippen LogP contribution in [0.2, 0.25) is 0 Å². The van der Waals surface area contributed by atoms with Gasteiger partial charge < -0.3 is 4.52 Å². The SMILES string of the molecule is CCC(CBr)NS(=O)(=O)c1c(C)noc1C. The van der Waals surface area contributed by atoms with Gasteiger partial charge in [0.2, 0.25) is 10.0 Å². The van der Waals surface area contributed by atoms with Crippen molar-refractivity contribution in [3.8, 4) is 0 Å². The summed E-state index contributed by atoms with van der Waals surface area (Å²) >= 11 is 3.26. The molecule has 1 unspecified atom stereocenters. The lowest BCUT2D eigenvalue weighted by Crippen LogP contribution is -2.35. The summed E-state index contributed by atoms with van der Waals surface area (Å²) in [6.45, 7) is 5.12. The molecule has 1 aromatic heterocycles. The zero-order valence-electron chi connectivity index (χ0n) is 9.45. The smallest absolute Gasteiger partial charge is 0.246 e. The fourth-order valence-corrected chi connectivity index (χ4v) is 3.84. The molecule has 0 aliphatic carbocycles. The van der Waals surface area contributed by atoms with Gasteiger partial charge in [0.1, 0.15) is 10.6 Å². The Balaban J connectivity index is 3.03. The lowest BCUT2D eigenvalue weighted by molar-refractivity contribution is 0.390. The second kappa shape index (κ2) is 5.29. The van der Waals surface area contributed by atoms with Crippen molar-refractivity contribution in [2.45, 2.75) is 38.1 Å². The van der Waals surface area contributed by atoms with E-state index in [-0.39, 0.29) is 10.9 Å². The summed E-state index contributed by atoms with van der Waals surface area (Å²) in [5.74, 6) is 0.314. The van der Waals surface area contributed by atoms with E-state index in [1.54, 1.807) is 13.8 Å². The van der Waals surface area contributed by atoms with E-state index in [1.807, 2.05) is 6.92 Å². The molecule has 0 saturated heterocycles.